The van der Waals surface area contributed by atoms with Gasteiger partial charge in [-0.05, 0) is 12.3 Å². The molecule has 0 fully saturated rings. The number of likely N-dealkylation sites (N-methyl/N-ethyl adjacent to an activating group) is 1. The third-order valence-electron chi connectivity index (χ3n) is 1.04. The van der Waals surface area contributed by atoms with Gasteiger partial charge in [-0.2, -0.15) is 0 Å². The van der Waals surface area contributed by atoms with Gasteiger partial charge in [-0.15, -0.1) is 0 Å². The minimum atomic E-state index is -0.231. The fraction of sp³-hybridized carbons (Fsp3) is 0.600. The second-order valence-corrected chi connectivity index (χ2v) is 1.85. The van der Waals surface area contributed by atoms with Gasteiger partial charge in [0.1, 0.15) is 0 Å². The highest BCUT2D eigenvalue weighted by Crippen LogP contribution is 1.99. The maximum Gasteiger partial charge on any atom is 0.0912 e. The van der Waals surface area contributed by atoms with Crippen LogP contribution in [0.2, 0.25) is 0 Å². The summed E-state index contributed by atoms with van der Waals surface area (Å²) in [6, 6.07) is 0. The van der Waals surface area contributed by atoms with Crippen LogP contribution < -0.4 is 0 Å². The first-order valence-electron chi connectivity index (χ1n) is 2.35. The van der Waals surface area contributed by atoms with Crippen molar-refractivity contribution in [2.75, 3.05) is 13.6 Å². The Bertz CT molecular complexity index is 80.1. The predicted molar refractivity (Wildman–Crippen MR) is 27.8 cm³/mol. The molecule has 1 N–H and O–H groups in total. The lowest BCUT2D eigenvalue weighted by Gasteiger charge is -2.05. The number of β-amino-alcohol motifs (C(OH)–C–C–N with tert-alkyl or cyclic N) is 1. The molecule has 2 nitrogen and oxygen atoms in total. The van der Waals surface area contributed by atoms with Crippen LogP contribution in [-0.2, 0) is 0 Å². The van der Waals surface area contributed by atoms with E-state index in [1.165, 1.54) is 0 Å². The molecule has 40 valence electrons. The van der Waals surface area contributed by atoms with Gasteiger partial charge in [0.05, 0.1) is 6.10 Å². The van der Waals surface area contributed by atoms with Gasteiger partial charge in [-0.1, -0.05) is 0 Å². The second kappa shape index (κ2) is 1.54. The first kappa shape index (κ1) is 4.65. The molecule has 0 bridgehead atoms. The zero-order chi connectivity index (χ0) is 5.28. The fourth-order valence-electron chi connectivity index (χ4n) is 0.663. The molecular weight excluding hydrogens is 90.1 g/mol. The summed E-state index contributed by atoms with van der Waals surface area (Å²) in [4.78, 5) is 1.95. The zero-order valence-corrected chi connectivity index (χ0v) is 4.33. The van der Waals surface area contributed by atoms with Gasteiger partial charge in [0.15, 0.2) is 0 Å². The summed E-state index contributed by atoms with van der Waals surface area (Å²) in [5, 5.41) is 8.77. The summed E-state index contributed by atoms with van der Waals surface area (Å²) in [6.07, 6.45) is 3.43. The van der Waals surface area contributed by atoms with Crippen molar-refractivity contribution >= 4 is 0 Å². The molecule has 0 aromatic heterocycles. The number of hydrogen-bond acceptors (Lipinski definition) is 2. The minimum absolute atomic E-state index is 0.231. The van der Waals surface area contributed by atoms with Crippen LogP contribution in [0.15, 0.2) is 12.3 Å². The van der Waals surface area contributed by atoms with E-state index in [1.54, 1.807) is 6.08 Å². The molecule has 0 amide bonds. The summed E-state index contributed by atoms with van der Waals surface area (Å²) in [7, 11) is 1.94. The van der Waals surface area contributed by atoms with Crippen molar-refractivity contribution in [1.82, 2.24) is 4.90 Å². The SMILES string of the molecule is CN1C=CC(O)C1. The lowest BCUT2D eigenvalue weighted by molar-refractivity contribution is 0.206. The Morgan fingerprint density at radius 2 is 2.57 bits per heavy atom. The van der Waals surface area contributed by atoms with E-state index in [-0.39, 0.29) is 6.10 Å². The van der Waals surface area contributed by atoms with E-state index < -0.39 is 0 Å². The smallest absolute Gasteiger partial charge is 0.0912 e. The Morgan fingerprint density at radius 1 is 1.86 bits per heavy atom. The summed E-state index contributed by atoms with van der Waals surface area (Å²) in [5.74, 6) is 0. The number of aliphatic hydroxyl groups excluding tert-OH is 1. The quantitative estimate of drug-likeness (QED) is 0.455. The van der Waals surface area contributed by atoms with Crippen molar-refractivity contribution in [2.24, 2.45) is 0 Å². The number of aliphatic hydroxyl groups is 1. The van der Waals surface area contributed by atoms with E-state index in [9.17, 15) is 0 Å². The lowest BCUT2D eigenvalue weighted by Crippen LogP contribution is -2.15. The lowest BCUT2D eigenvalue weighted by atomic mass is 10.4. The third-order valence-corrected chi connectivity index (χ3v) is 1.04. The molecule has 0 saturated carbocycles. The summed E-state index contributed by atoms with van der Waals surface area (Å²) in [5.41, 5.74) is 0. The van der Waals surface area contributed by atoms with Gasteiger partial charge in [-0.3, -0.25) is 0 Å². The Hall–Kier alpha value is -0.500. The molecule has 1 rings (SSSR count). The molecular formula is C5H9NO. The van der Waals surface area contributed by atoms with E-state index in [2.05, 4.69) is 0 Å². The van der Waals surface area contributed by atoms with Gasteiger partial charge >= 0.3 is 0 Å². The van der Waals surface area contributed by atoms with Crippen LogP contribution in [0, 0.1) is 0 Å². The van der Waals surface area contributed by atoms with Crippen LogP contribution in [0.3, 0.4) is 0 Å². The van der Waals surface area contributed by atoms with Crippen molar-refractivity contribution in [1.29, 1.82) is 0 Å². The highest BCUT2D eigenvalue weighted by atomic mass is 16.3. The standard InChI is InChI=1S/C5H9NO/c1-6-3-2-5(7)4-6/h2-3,5,7H,4H2,1H3. The molecule has 0 radical (unpaired) electrons. The summed E-state index contributed by atoms with van der Waals surface area (Å²) < 4.78 is 0. The van der Waals surface area contributed by atoms with E-state index in [1.807, 2.05) is 18.1 Å². The molecule has 1 heterocycles. The first-order chi connectivity index (χ1) is 3.29. The molecule has 0 spiro atoms. The Labute approximate surface area is 43.1 Å². The van der Waals surface area contributed by atoms with Gasteiger partial charge in [-0.25, -0.2) is 0 Å². The van der Waals surface area contributed by atoms with E-state index in [0.717, 1.165) is 6.54 Å². The highest BCUT2D eigenvalue weighted by Gasteiger charge is 2.06. The molecule has 0 saturated heterocycles. The van der Waals surface area contributed by atoms with E-state index >= 15 is 0 Å². The van der Waals surface area contributed by atoms with Crippen LogP contribution in [0.5, 0.6) is 0 Å². The average molecular weight is 99.1 g/mol. The molecule has 1 aliphatic rings. The maximum atomic E-state index is 8.77. The number of nitrogens with zero attached hydrogens (tertiary/aromatic N) is 1. The van der Waals surface area contributed by atoms with E-state index in [0.29, 0.717) is 0 Å². The number of hydrogen-bond donors (Lipinski definition) is 1. The van der Waals surface area contributed by atoms with Gasteiger partial charge in [0.2, 0.25) is 0 Å². The van der Waals surface area contributed by atoms with Crippen LogP contribution >= 0.6 is 0 Å². The van der Waals surface area contributed by atoms with Crippen molar-refractivity contribution in [3.05, 3.63) is 12.3 Å². The topological polar surface area (TPSA) is 23.5 Å². The molecule has 2 heteroatoms. The predicted octanol–water partition coefficient (Wildman–Crippen LogP) is -0.194. The summed E-state index contributed by atoms with van der Waals surface area (Å²) in [6.45, 7) is 0.750. The van der Waals surface area contributed by atoms with Crippen LogP contribution in [-0.4, -0.2) is 29.7 Å². The molecule has 1 aliphatic heterocycles. The molecule has 0 aromatic carbocycles. The molecule has 0 aliphatic carbocycles. The van der Waals surface area contributed by atoms with Crippen LogP contribution in [0.25, 0.3) is 0 Å². The molecule has 7 heavy (non-hydrogen) atoms. The maximum absolute atomic E-state index is 8.77. The Kier molecular flexibility index (Phi) is 1.02. The Morgan fingerprint density at radius 3 is 2.71 bits per heavy atom. The van der Waals surface area contributed by atoms with Crippen LogP contribution in [0.1, 0.15) is 0 Å². The Balaban J connectivity index is 2.42. The fourth-order valence-corrected chi connectivity index (χ4v) is 0.663. The van der Waals surface area contributed by atoms with Gasteiger partial charge in [0, 0.05) is 13.6 Å². The minimum Gasteiger partial charge on any atom is -0.387 e. The van der Waals surface area contributed by atoms with Gasteiger partial charge < -0.3 is 10.0 Å². The van der Waals surface area contributed by atoms with Crippen molar-refractivity contribution in [3.8, 4) is 0 Å². The first-order valence-corrected chi connectivity index (χ1v) is 2.35. The average Bonchev–Trinajstić information content (AvgIpc) is 1.87. The molecule has 1 atom stereocenters. The third kappa shape index (κ3) is 0.933. The van der Waals surface area contributed by atoms with Crippen molar-refractivity contribution in [2.45, 2.75) is 6.10 Å². The molecule has 0 aromatic rings. The zero-order valence-electron chi connectivity index (χ0n) is 4.33. The van der Waals surface area contributed by atoms with Crippen molar-refractivity contribution < 1.29 is 5.11 Å². The number of rotatable bonds is 0. The summed E-state index contributed by atoms with van der Waals surface area (Å²) >= 11 is 0. The second-order valence-electron chi connectivity index (χ2n) is 1.85. The normalized spacial score (nSPS) is 29.4. The highest BCUT2D eigenvalue weighted by molar-refractivity contribution is 4.96. The van der Waals surface area contributed by atoms with Crippen molar-refractivity contribution in [3.63, 3.8) is 0 Å². The molecule has 1 unspecified atom stereocenters. The van der Waals surface area contributed by atoms with E-state index in [4.69, 9.17) is 5.11 Å². The monoisotopic (exact) mass is 99.1 g/mol. The van der Waals surface area contributed by atoms with Crippen LogP contribution in [0.4, 0.5) is 0 Å². The van der Waals surface area contributed by atoms with Gasteiger partial charge in [0.25, 0.3) is 0 Å². The largest absolute Gasteiger partial charge is 0.387 e.